The zero-order chi connectivity index (χ0) is 71.5. The van der Waals surface area contributed by atoms with Gasteiger partial charge in [-0.3, -0.25) is 18.6 Å². The van der Waals surface area contributed by atoms with Gasteiger partial charge in [0.25, 0.3) is 0 Å². The van der Waals surface area contributed by atoms with Gasteiger partial charge < -0.3 is 20.1 Å². The summed E-state index contributed by atoms with van der Waals surface area (Å²) in [7, 11) is -4.40. The van der Waals surface area contributed by atoms with E-state index in [0.29, 0.717) is 6.42 Å². The summed E-state index contributed by atoms with van der Waals surface area (Å²) in [5.74, 6) is -0.800. The van der Waals surface area contributed by atoms with Crippen LogP contribution in [0.5, 0.6) is 0 Å². The maximum Gasteiger partial charge on any atom is 0.472 e. The van der Waals surface area contributed by atoms with E-state index in [2.05, 4.69) is 74.6 Å². The molecule has 0 aliphatic carbocycles. The second-order valence-corrected chi connectivity index (χ2v) is 31.2. The molecule has 0 bridgehead atoms. The maximum absolute atomic E-state index is 12.8. The monoisotopic (exact) mass is 1410 g/mol. The number of carbonyl (C=O) groups excluding carboxylic acids is 2. The number of carbonyl (C=O) groups is 2. The number of phosphoric ester groups is 1. The van der Waals surface area contributed by atoms with Gasteiger partial charge >= 0.3 is 19.8 Å². The largest absolute Gasteiger partial charge is 0.472 e. The molecule has 99 heavy (non-hydrogen) atoms. The number of hydrogen-bond donors (Lipinski definition) is 2. The molecule has 0 radical (unpaired) electrons. The SMILES string of the molecule is CC/C=C\C/C=C\C/C=C\C/C=C\CCCCCCCCCCCCCCCCCCCCCCCCCCC(=O)OC(COC(=O)CCCCCCCCCCCCCCCCCCCCCCCCCCCCCCC/C=C\CCCCCCCCCC)COP(=O)(O)OCCN. The van der Waals surface area contributed by atoms with Crippen LogP contribution in [0.3, 0.4) is 0 Å². The Labute approximate surface area is 616 Å². The van der Waals surface area contributed by atoms with Crippen molar-refractivity contribution in [3.05, 3.63) is 60.8 Å². The molecular formula is C89H168NO8P. The minimum atomic E-state index is -4.40. The first-order valence-electron chi connectivity index (χ1n) is 43.8. The van der Waals surface area contributed by atoms with Crippen LogP contribution in [0.4, 0.5) is 0 Å². The molecule has 2 unspecified atom stereocenters. The number of hydrogen-bond acceptors (Lipinski definition) is 8. The van der Waals surface area contributed by atoms with Gasteiger partial charge in [-0.05, 0) is 77.0 Å². The molecule has 0 spiro atoms. The molecule has 0 heterocycles. The molecule has 0 aromatic rings. The van der Waals surface area contributed by atoms with Crippen molar-refractivity contribution in [1.29, 1.82) is 0 Å². The first kappa shape index (κ1) is 96.7. The van der Waals surface area contributed by atoms with Gasteiger partial charge in [0.2, 0.25) is 0 Å². The van der Waals surface area contributed by atoms with E-state index in [4.69, 9.17) is 24.3 Å². The van der Waals surface area contributed by atoms with Gasteiger partial charge in [-0.15, -0.1) is 0 Å². The Kier molecular flexibility index (Phi) is 82.7. The van der Waals surface area contributed by atoms with Crippen LogP contribution in [-0.2, 0) is 32.7 Å². The average molecular weight is 1410 g/mol. The first-order chi connectivity index (χ1) is 48.8. The molecule has 2 atom stereocenters. The molecule has 582 valence electrons. The Balaban J connectivity index is 3.70. The highest BCUT2D eigenvalue weighted by Crippen LogP contribution is 2.43. The lowest BCUT2D eigenvalue weighted by Gasteiger charge is -2.19. The second-order valence-electron chi connectivity index (χ2n) is 29.7. The molecule has 0 aliphatic heterocycles. The van der Waals surface area contributed by atoms with Gasteiger partial charge in [-0.2, -0.15) is 0 Å². The summed E-state index contributed by atoms with van der Waals surface area (Å²) >= 11 is 0. The first-order valence-corrected chi connectivity index (χ1v) is 45.3. The topological polar surface area (TPSA) is 134 Å². The van der Waals surface area contributed by atoms with Gasteiger partial charge in [0.05, 0.1) is 13.2 Å². The highest BCUT2D eigenvalue weighted by molar-refractivity contribution is 7.47. The van der Waals surface area contributed by atoms with E-state index >= 15 is 0 Å². The van der Waals surface area contributed by atoms with E-state index < -0.39 is 26.5 Å². The van der Waals surface area contributed by atoms with Crippen molar-refractivity contribution in [3.8, 4) is 0 Å². The van der Waals surface area contributed by atoms with E-state index in [1.165, 1.54) is 372 Å². The molecule has 0 saturated carbocycles. The van der Waals surface area contributed by atoms with Crippen LogP contribution in [0.25, 0.3) is 0 Å². The summed E-state index contributed by atoms with van der Waals surface area (Å²) in [4.78, 5) is 35.5. The summed E-state index contributed by atoms with van der Waals surface area (Å²) in [6.45, 7) is 3.72. The number of esters is 2. The van der Waals surface area contributed by atoms with Crippen molar-refractivity contribution in [2.45, 2.75) is 469 Å². The van der Waals surface area contributed by atoms with Crippen molar-refractivity contribution in [1.82, 2.24) is 0 Å². The predicted molar refractivity (Wildman–Crippen MR) is 432 cm³/mol. The minimum absolute atomic E-state index is 0.0561. The Bertz CT molecular complexity index is 1810. The summed E-state index contributed by atoms with van der Waals surface area (Å²) in [6.07, 6.45) is 113. The summed E-state index contributed by atoms with van der Waals surface area (Å²) in [5.41, 5.74) is 5.42. The van der Waals surface area contributed by atoms with Crippen molar-refractivity contribution in [3.63, 3.8) is 0 Å². The van der Waals surface area contributed by atoms with Gasteiger partial charge in [-0.25, -0.2) is 4.57 Å². The fraction of sp³-hybridized carbons (Fsp3) is 0.865. The molecule has 0 aromatic heterocycles. The number of allylic oxidation sites excluding steroid dienone is 10. The minimum Gasteiger partial charge on any atom is -0.462 e. The standard InChI is InChI=1S/C89H168NO8P/c1-3-5-7-9-11-13-15-17-19-21-23-25-27-29-31-33-35-37-39-41-42-43-44-46-47-49-51-53-55-57-59-61-63-65-67-69-71-73-75-77-79-81-88(91)95-85-87(86-97-99(93,94)96-84-83-90)98-89(92)82-80-78-76-74-72-70-68-66-64-62-60-58-56-54-52-50-48-45-40-38-36-34-32-30-28-26-24-22-20-18-16-14-12-10-8-6-4-2/h6,8,12,14,18,20-21,23-24,26,87H,3-5,7,9-11,13,15-17,19,22,25,27-86,90H2,1-2H3,(H,93,94)/b8-6-,14-12-,20-18-,23-21-,26-24-. The average Bonchev–Trinajstić information content (AvgIpc) is 1.64. The molecule has 0 fully saturated rings. The number of phosphoric acid groups is 1. The third-order valence-electron chi connectivity index (χ3n) is 19.9. The zero-order valence-electron chi connectivity index (χ0n) is 66.0. The fourth-order valence-electron chi connectivity index (χ4n) is 13.5. The Morgan fingerprint density at radius 2 is 0.556 bits per heavy atom. The number of nitrogens with two attached hydrogens (primary N) is 1. The predicted octanol–water partition coefficient (Wildman–Crippen LogP) is 29.7. The number of ether oxygens (including phenoxy) is 2. The molecule has 10 heteroatoms. The Morgan fingerprint density at radius 1 is 0.313 bits per heavy atom. The molecule has 0 rings (SSSR count). The van der Waals surface area contributed by atoms with Crippen LogP contribution in [0, 0.1) is 0 Å². The fourth-order valence-corrected chi connectivity index (χ4v) is 14.2. The quantitative estimate of drug-likeness (QED) is 0.0264. The van der Waals surface area contributed by atoms with Crippen LogP contribution in [0.2, 0.25) is 0 Å². The van der Waals surface area contributed by atoms with E-state index in [1.807, 2.05) is 0 Å². The summed E-state index contributed by atoms with van der Waals surface area (Å²) in [5, 5.41) is 0. The van der Waals surface area contributed by atoms with Crippen molar-refractivity contribution in [2.75, 3.05) is 26.4 Å². The second kappa shape index (κ2) is 84.6. The lowest BCUT2D eigenvalue weighted by atomic mass is 10.0. The smallest absolute Gasteiger partial charge is 0.462 e. The number of rotatable bonds is 84. The van der Waals surface area contributed by atoms with Crippen molar-refractivity contribution < 1.29 is 37.6 Å². The van der Waals surface area contributed by atoms with Gasteiger partial charge in [-0.1, -0.05) is 434 Å². The molecule has 9 nitrogen and oxygen atoms in total. The van der Waals surface area contributed by atoms with Crippen LogP contribution in [0.15, 0.2) is 60.8 Å². The lowest BCUT2D eigenvalue weighted by Crippen LogP contribution is -2.29. The van der Waals surface area contributed by atoms with E-state index in [-0.39, 0.29) is 38.6 Å². The van der Waals surface area contributed by atoms with Gasteiger partial charge in [0, 0.05) is 19.4 Å². The van der Waals surface area contributed by atoms with E-state index in [1.54, 1.807) is 0 Å². The molecule has 0 aliphatic rings. The van der Waals surface area contributed by atoms with E-state index in [0.717, 1.165) is 57.8 Å². The van der Waals surface area contributed by atoms with Crippen molar-refractivity contribution in [2.24, 2.45) is 5.73 Å². The highest BCUT2D eigenvalue weighted by Gasteiger charge is 2.26. The lowest BCUT2D eigenvalue weighted by molar-refractivity contribution is -0.161. The van der Waals surface area contributed by atoms with Gasteiger partial charge in [0.1, 0.15) is 6.61 Å². The zero-order valence-corrected chi connectivity index (χ0v) is 66.9. The van der Waals surface area contributed by atoms with Crippen LogP contribution in [0.1, 0.15) is 463 Å². The van der Waals surface area contributed by atoms with Crippen LogP contribution >= 0.6 is 7.82 Å². The molecule has 3 N–H and O–H groups in total. The summed E-state index contributed by atoms with van der Waals surface area (Å²) in [6, 6.07) is 0. The van der Waals surface area contributed by atoms with Crippen LogP contribution < -0.4 is 5.73 Å². The third kappa shape index (κ3) is 84.5. The maximum atomic E-state index is 12.8. The van der Waals surface area contributed by atoms with Crippen LogP contribution in [-0.4, -0.2) is 49.3 Å². The molecular weight excluding hydrogens is 1240 g/mol. The molecule has 0 aromatic carbocycles. The Morgan fingerprint density at radius 3 is 0.838 bits per heavy atom. The highest BCUT2D eigenvalue weighted by atomic mass is 31.2. The normalized spacial score (nSPS) is 13.1. The number of unbranched alkanes of at least 4 members (excludes halogenated alkanes) is 61. The Hall–Kier alpha value is -2.29. The summed E-state index contributed by atoms with van der Waals surface area (Å²) < 4.78 is 33.3. The third-order valence-corrected chi connectivity index (χ3v) is 20.9. The van der Waals surface area contributed by atoms with Crippen molar-refractivity contribution >= 4 is 19.8 Å². The van der Waals surface area contributed by atoms with Gasteiger partial charge in [0.15, 0.2) is 6.10 Å². The molecule has 0 amide bonds. The van der Waals surface area contributed by atoms with E-state index in [9.17, 15) is 19.0 Å². The molecule has 0 saturated heterocycles.